The second-order valence-corrected chi connectivity index (χ2v) is 5.89. The van der Waals surface area contributed by atoms with Gasteiger partial charge < -0.3 is 5.73 Å². The first-order chi connectivity index (χ1) is 8.59. The van der Waals surface area contributed by atoms with Crippen LogP contribution in [0.25, 0.3) is 0 Å². The van der Waals surface area contributed by atoms with E-state index >= 15 is 0 Å². The fourth-order valence-corrected chi connectivity index (χ4v) is 3.32. The summed E-state index contributed by atoms with van der Waals surface area (Å²) >= 11 is 5.13. The van der Waals surface area contributed by atoms with Crippen molar-refractivity contribution < 1.29 is 0 Å². The second kappa shape index (κ2) is 5.86. The molecule has 6 heteroatoms. The molecule has 0 amide bonds. The maximum Gasteiger partial charge on any atom is 0.153 e. The van der Waals surface area contributed by atoms with E-state index in [2.05, 4.69) is 45.3 Å². The summed E-state index contributed by atoms with van der Waals surface area (Å²) in [6.45, 7) is 2.11. The number of hydrogen-bond donors (Lipinski definition) is 1. The van der Waals surface area contributed by atoms with Crippen molar-refractivity contribution in [3.63, 3.8) is 0 Å². The Bertz CT molecular complexity index is 521. The molecular weight excluding hydrogens is 312 g/mol. The van der Waals surface area contributed by atoms with Crippen LogP contribution in [0.15, 0.2) is 33.8 Å². The van der Waals surface area contributed by atoms with Crippen LogP contribution < -0.4 is 5.73 Å². The van der Waals surface area contributed by atoms with Crippen molar-refractivity contribution in [2.45, 2.75) is 17.9 Å². The van der Waals surface area contributed by atoms with Crippen LogP contribution in [0.4, 0.5) is 0 Å². The Hall–Kier alpha value is -0.850. The van der Waals surface area contributed by atoms with Crippen molar-refractivity contribution in [1.82, 2.24) is 15.0 Å². The molecule has 0 aliphatic rings. The summed E-state index contributed by atoms with van der Waals surface area (Å²) in [6.07, 6.45) is 0. The lowest BCUT2D eigenvalue weighted by Gasteiger charge is -2.12. The van der Waals surface area contributed by atoms with E-state index in [-0.39, 0.29) is 6.04 Å². The molecule has 2 rings (SSSR count). The fraction of sp³-hybridized carbons (Fsp3) is 0.333. The molecule has 96 valence electrons. The van der Waals surface area contributed by atoms with Gasteiger partial charge >= 0.3 is 0 Å². The Morgan fingerprint density at radius 2 is 2.17 bits per heavy atom. The first-order valence-electron chi connectivity index (χ1n) is 5.58. The minimum absolute atomic E-state index is 0.0935. The normalized spacial score (nSPS) is 12.7. The number of halogens is 1. The molecule has 0 aliphatic heterocycles. The Balaban J connectivity index is 2.05. The third kappa shape index (κ3) is 2.93. The Kier molecular flexibility index (Phi) is 4.42. The molecular formula is C12H15BrN4S. The maximum absolute atomic E-state index is 6.19. The molecule has 0 saturated carbocycles. The molecule has 0 radical (unpaired) electrons. The summed E-state index contributed by atoms with van der Waals surface area (Å²) in [7, 11) is 1.85. The van der Waals surface area contributed by atoms with Crippen molar-refractivity contribution in [1.29, 1.82) is 0 Å². The molecule has 4 nitrogen and oxygen atoms in total. The third-order valence-corrected chi connectivity index (χ3v) is 4.55. The molecule has 18 heavy (non-hydrogen) atoms. The SMILES string of the molecule is Cc1ccccc1SCC(N)c1c(Br)nnn1C. The largest absolute Gasteiger partial charge is 0.322 e. The predicted molar refractivity (Wildman–Crippen MR) is 77.5 cm³/mol. The zero-order valence-electron chi connectivity index (χ0n) is 10.3. The second-order valence-electron chi connectivity index (χ2n) is 4.07. The van der Waals surface area contributed by atoms with E-state index in [9.17, 15) is 0 Å². The lowest BCUT2D eigenvalue weighted by Crippen LogP contribution is -2.17. The van der Waals surface area contributed by atoms with Gasteiger partial charge in [-0.05, 0) is 34.5 Å². The van der Waals surface area contributed by atoms with E-state index in [0.717, 1.165) is 16.0 Å². The van der Waals surface area contributed by atoms with Gasteiger partial charge in [0.2, 0.25) is 0 Å². The van der Waals surface area contributed by atoms with Crippen LogP contribution in [-0.2, 0) is 7.05 Å². The quantitative estimate of drug-likeness (QED) is 0.877. The molecule has 1 aromatic carbocycles. The minimum atomic E-state index is -0.0935. The maximum atomic E-state index is 6.19. The van der Waals surface area contributed by atoms with Gasteiger partial charge in [-0.25, -0.2) is 4.68 Å². The molecule has 1 unspecified atom stereocenters. The van der Waals surface area contributed by atoms with Crippen molar-refractivity contribution in [2.75, 3.05) is 5.75 Å². The number of aromatic nitrogens is 3. The molecule has 2 aromatic rings. The zero-order valence-corrected chi connectivity index (χ0v) is 12.7. The van der Waals surface area contributed by atoms with Gasteiger partial charge in [0.1, 0.15) is 0 Å². The van der Waals surface area contributed by atoms with Crippen molar-refractivity contribution in [3.05, 3.63) is 40.1 Å². The number of rotatable bonds is 4. The zero-order chi connectivity index (χ0) is 13.1. The number of nitrogens with two attached hydrogens (primary N) is 1. The molecule has 1 atom stereocenters. The molecule has 1 aromatic heterocycles. The number of hydrogen-bond acceptors (Lipinski definition) is 4. The molecule has 0 spiro atoms. The average molecular weight is 327 g/mol. The Labute approximate surface area is 119 Å². The van der Waals surface area contributed by atoms with Gasteiger partial charge in [0.25, 0.3) is 0 Å². The van der Waals surface area contributed by atoms with Gasteiger partial charge in [0.15, 0.2) is 4.60 Å². The third-order valence-electron chi connectivity index (χ3n) is 2.69. The van der Waals surface area contributed by atoms with Crippen LogP contribution >= 0.6 is 27.7 Å². The lowest BCUT2D eigenvalue weighted by atomic mass is 10.2. The molecule has 0 bridgehead atoms. The summed E-state index contributed by atoms with van der Waals surface area (Å²) in [5.41, 5.74) is 8.39. The molecule has 0 aliphatic carbocycles. The van der Waals surface area contributed by atoms with E-state index < -0.39 is 0 Å². The highest BCUT2D eigenvalue weighted by Gasteiger charge is 2.16. The van der Waals surface area contributed by atoms with Gasteiger partial charge in [-0.3, -0.25) is 0 Å². The van der Waals surface area contributed by atoms with Crippen LogP contribution in [0, 0.1) is 6.92 Å². The summed E-state index contributed by atoms with van der Waals surface area (Å²) < 4.78 is 2.44. The van der Waals surface area contributed by atoms with E-state index in [1.807, 2.05) is 19.2 Å². The van der Waals surface area contributed by atoms with Gasteiger partial charge in [-0.15, -0.1) is 16.9 Å². The summed E-state index contributed by atoms with van der Waals surface area (Å²) in [5.74, 6) is 0.796. The number of aryl methyl sites for hydroxylation is 2. The van der Waals surface area contributed by atoms with Crippen LogP contribution in [0.1, 0.15) is 17.3 Å². The van der Waals surface area contributed by atoms with E-state index in [0.29, 0.717) is 0 Å². The van der Waals surface area contributed by atoms with Crippen LogP contribution in [0.3, 0.4) is 0 Å². The minimum Gasteiger partial charge on any atom is -0.322 e. The Morgan fingerprint density at radius 1 is 1.44 bits per heavy atom. The summed E-state index contributed by atoms with van der Waals surface area (Å²) in [4.78, 5) is 1.26. The number of thioether (sulfide) groups is 1. The summed E-state index contributed by atoms with van der Waals surface area (Å²) in [6, 6.07) is 8.21. The molecule has 2 N–H and O–H groups in total. The summed E-state index contributed by atoms with van der Waals surface area (Å²) in [5, 5.41) is 7.89. The lowest BCUT2D eigenvalue weighted by molar-refractivity contribution is 0.640. The first-order valence-corrected chi connectivity index (χ1v) is 7.36. The average Bonchev–Trinajstić information content (AvgIpc) is 2.68. The highest BCUT2D eigenvalue weighted by atomic mass is 79.9. The monoisotopic (exact) mass is 326 g/mol. The number of benzene rings is 1. The topological polar surface area (TPSA) is 56.7 Å². The molecule has 1 heterocycles. The molecule has 0 saturated heterocycles. The van der Waals surface area contributed by atoms with Gasteiger partial charge in [0.05, 0.1) is 11.7 Å². The van der Waals surface area contributed by atoms with Crippen molar-refractivity contribution >= 4 is 27.7 Å². The van der Waals surface area contributed by atoms with Gasteiger partial charge in [0, 0.05) is 17.7 Å². The van der Waals surface area contributed by atoms with E-state index in [4.69, 9.17) is 5.73 Å². The predicted octanol–water partition coefficient (Wildman–Crippen LogP) is 2.68. The van der Waals surface area contributed by atoms with Crippen molar-refractivity contribution in [3.8, 4) is 0 Å². The number of nitrogens with zero attached hydrogens (tertiary/aromatic N) is 3. The standard InChI is InChI=1S/C12H15BrN4S/c1-8-5-3-4-6-10(8)18-7-9(14)11-12(13)15-16-17(11)2/h3-6,9H,7,14H2,1-2H3. The smallest absolute Gasteiger partial charge is 0.153 e. The fourth-order valence-electron chi connectivity index (χ4n) is 1.71. The van der Waals surface area contributed by atoms with Crippen LogP contribution in [0.2, 0.25) is 0 Å². The highest BCUT2D eigenvalue weighted by molar-refractivity contribution is 9.10. The molecule has 0 fully saturated rings. The van der Waals surface area contributed by atoms with Gasteiger partial charge in [-0.2, -0.15) is 0 Å². The van der Waals surface area contributed by atoms with Crippen molar-refractivity contribution in [2.24, 2.45) is 12.8 Å². The van der Waals surface area contributed by atoms with Crippen LogP contribution in [0.5, 0.6) is 0 Å². The van der Waals surface area contributed by atoms with Crippen LogP contribution in [-0.4, -0.2) is 20.7 Å². The van der Waals surface area contributed by atoms with Gasteiger partial charge in [-0.1, -0.05) is 23.4 Å². The van der Waals surface area contributed by atoms with E-state index in [1.54, 1.807) is 16.4 Å². The van der Waals surface area contributed by atoms with E-state index in [1.165, 1.54) is 10.5 Å². The highest BCUT2D eigenvalue weighted by Crippen LogP contribution is 2.27. The Morgan fingerprint density at radius 3 is 2.78 bits per heavy atom. The first kappa shape index (κ1) is 13.6.